The summed E-state index contributed by atoms with van der Waals surface area (Å²) in [6, 6.07) is 9.48. The van der Waals surface area contributed by atoms with Gasteiger partial charge in [0.2, 0.25) is 5.91 Å². The van der Waals surface area contributed by atoms with Crippen LogP contribution < -0.4 is 10.6 Å². The third-order valence-electron chi connectivity index (χ3n) is 6.12. The van der Waals surface area contributed by atoms with Gasteiger partial charge in [-0.2, -0.15) is 0 Å². The zero-order valence-electron chi connectivity index (χ0n) is 17.7. The molecule has 1 unspecified atom stereocenters. The Morgan fingerprint density at radius 1 is 1.07 bits per heavy atom. The average molecular weight is 401 g/mol. The number of hydrogen-bond acceptors (Lipinski definition) is 3. The lowest BCUT2D eigenvalue weighted by atomic mass is 9.93. The molecule has 0 aliphatic carbocycles. The fraction of sp³-hybridized carbons (Fsp3) is 0.652. The van der Waals surface area contributed by atoms with Gasteiger partial charge in [-0.15, -0.1) is 0 Å². The summed E-state index contributed by atoms with van der Waals surface area (Å²) in [5.41, 5.74) is 0.818. The Bertz CT molecular complexity index is 644. The number of nitrogens with one attached hydrogen (secondary N) is 2. The molecule has 2 saturated heterocycles. The Balaban J connectivity index is 1.27. The van der Waals surface area contributed by atoms with Crippen LogP contribution in [-0.4, -0.2) is 61.0 Å². The summed E-state index contributed by atoms with van der Waals surface area (Å²) in [5, 5.41) is 6.02. The molecule has 0 spiro atoms. The molecule has 2 N–H and O–H groups in total. The van der Waals surface area contributed by atoms with Crippen LogP contribution in [0.25, 0.3) is 0 Å². The quantitative estimate of drug-likeness (QED) is 0.688. The number of piperidine rings is 2. The number of carbonyl (C=O) groups is 2. The maximum atomic E-state index is 12.4. The van der Waals surface area contributed by atoms with Crippen molar-refractivity contribution in [2.75, 3.05) is 44.6 Å². The molecule has 6 heteroatoms. The van der Waals surface area contributed by atoms with Crippen LogP contribution in [-0.2, 0) is 4.79 Å². The Hall–Kier alpha value is -2.08. The minimum absolute atomic E-state index is 0.0499. The number of anilines is 1. The van der Waals surface area contributed by atoms with Gasteiger partial charge in [-0.1, -0.05) is 25.1 Å². The van der Waals surface area contributed by atoms with E-state index in [2.05, 4.69) is 22.5 Å². The molecule has 3 rings (SSSR count). The van der Waals surface area contributed by atoms with E-state index in [-0.39, 0.29) is 11.9 Å². The van der Waals surface area contributed by atoms with Crippen molar-refractivity contribution < 1.29 is 9.59 Å². The van der Waals surface area contributed by atoms with Crippen LogP contribution >= 0.6 is 0 Å². The van der Waals surface area contributed by atoms with Crippen molar-refractivity contribution in [1.82, 2.24) is 15.1 Å². The van der Waals surface area contributed by atoms with Crippen LogP contribution in [0, 0.1) is 11.8 Å². The van der Waals surface area contributed by atoms with Crippen molar-refractivity contribution in [3.05, 3.63) is 30.3 Å². The molecule has 0 saturated carbocycles. The van der Waals surface area contributed by atoms with E-state index < -0.39 is 0 Å². The van der Waals surface area contributed by atoms with Crippen LogP contribution in [0.3, 0.4) is 0 Å². The molecule has 0 radical (unpaired) electrons. The van der Waals surface area contributed by atoms with Gasteiger partial charge in [0.1, 0.15) is 0 Å². The lowest BCUT2D eigenvalue weighted by molar-refractivity contribution is -0.122. The van der Waals surface area contributed by atoms with Gasteiger partial charge in [-0.3, -0.25) is 4.79 Å². The Kier molecular flexibility index (Phi) is 8.35. The molecule has 2 heterocycles. The van der Waals surface area contributed by atoms with Crippen LogP contribution in [0.1, 0.15) is 45.4 Å². The van der Waals surface area contributed by atoms with E-state index in [9.17, 15) is 9.59 Å². The Morgan fingerprint density at radius 2 is 1.83 bits per heavy atom. The minimum Gasteiger partial charge on any atom is -0.356 e. The zero-order chi connectivity index (χ0) is 20.5. The molecule has 2 fully saturated rings. The van der Waals surface area contributed by atoms with E-state index >= 15 is 0 Å². The molecule has 6 nitrogen and oxygen atoms in total. The van der Waals surface area contributed by atoms with E-state index in [1.807, 2.05) is 35.2 Å². The maximum Gasteiger partial charge on any atom is 0.321 e. The van der Waals surface area contributed by atoms with Crippen molar-refractivity contribution >= 4 is 17.6 Å². The molecule has 0 aromatic heterocycles. The molecule has 1 aromatic carbocycles. The van der Waals surface area contributed by atoms with Crippen molar-refractivity contribution in [3.8, 4) is 0 Å². The highest BCUT2D eigenvalue weighted by molar-refractivity contribution is 5.89. The van der Waals surface area contributed by atoms with Gasteiger partial charge < -0.3 is 20.4 Å². The fourth-order valence-corrected chi connectivity index (χ4v) is 4.42. The number of para-hydroxylation sites is 1. The molecule has 160 valence electrons. The number of benzene rings is 1. The topological polar surface area (TPSA) is 64.7 Å². The zero-order valence-corrected chi connectivity index (χ0v) is 17.7. The third kappa shape index (κ3) is 7.35. The highest BCUT2D eigenvalue weighted by Crippen LogP contribution is 2.21. The maximum absolute atomic E-state index is 12.4. The van der Waals surface area contributed by atoms with E-state index in [1.54, 1.807) is 0 Å². The Labute approximate surface area is 175 Å². The predicted molar refractivity (Wildman–Crippen MR) is 117 cm³/mol. The van der Waals surface area contributed by atoms with Crippen molar-refractivity contribution in [2.24, 2.45) is 11.8 Å². The van der Waals surface area contributed by atoms with Crippen LogP contribution in [0.2, 0.25) is 0 Å². The average Bonchev–Trinajstić information content (AvgIpc) is 2.72. The van der Waals surface area contributed by atoms with Gasteiger partial charge >= 0.3 is 6.03 Å². The third-order valence-corrected chi connectivity index (χ3v) is 6.12. The summed E-state index contributed by atoms with van der Waals surface area (Å²) in [4.78, 5) is 29.0. The summed E-state index contributed by atoms with van der Waals surface area (Å²) >= 11 is 0. The van der Waals surface area contributed by atoms with Gasteiger partial charge in [0, 0.05) is 38.3 Å². The fourth-order valence-electron chi connectivity index (χ4n) is 4.42. The lowest BCUT2D eigenvalue weighted by Gasteiger charge is -2.32. The molecular formula is C23H36N4O2. The number of carbonyl (C=O) groups excluding carboxylic acids is 2. The largest absolute Gasteiger partial charge is 0.356 e. The lowest BCUT2D eigenvalue weighted by Crippen LogP contribution is -2.42. The highest BCUT2D eigenvalue weighted by atomic mass is 16.2. The Morgan fingerprint density at radius 3 is 2.55 bits per heavy atom. The summed E-state index contributed by atoms with van der Waals surface area (Å²) in [6.45, 7) is 8.00. The molecular weight excluding hydrogens is 364 g/mol. The first-order chi connectivity index (χ1) is 14.1. The normalized spacial score (nSPS) is 21.0. The van der Waals surface area contributed by atoms with Crippen molar-refractivity contribution in [2.45, 2.75) is 45.4 Å². The molecule has 3 amide bonds. The second kappa shape index (κ2) is 11.2. The number of rotatable bonds is 7. The number of urea groups is 1. The second-order valence-electron chi connectivity index (χ2n) is 8.68. The standard InChI is InChI=1S/C23H36N4O2/c1-19-7-5-13-26(18-19)14-6-12-24-22(28)17-20-10-15-27(16-11-20)23(29)25-21-8-3-2-4-9-21/h2-4,8-9,19-20H,5-7,10-18H2,1H3,(H,24,28)(H,25,29). The van der Waals surface area contributed by atoms with Gasteiger partial charge in [-0.25, -0.2) is 4.79 Å². The van der Waals surface area contributed by atoms with Crippen LogP contribution in [0.5, 0.6) is 0 Å². The number of nitrogens with zero attached hydrogens (tertiary/aromatic N) is 2. The van der Waals surface area contributed by atoms with E-state index in [4.69, 9.17) is 0 Å². The van der Waals surface area contributed by atoms with Gasteiger partial charge in [0.05, 0.1) is 0 Å². The van der Waals surface area contributed by atoms with E-state index in [1.165, 1.54) is 25.9 Å². The number of hydrogen-bond donors (Lipinski definition) is 2. The van der Waals surface area contributed by atoms with Crippen molar-refractivity contribution in [1.29, 1.82) is 0 Å². The summed E-state index contributed by atoms with van der Waals surface area (Å²) in [6.07, 6.45) is 6.03. The highest BCUT2D eigenvalue weighted by Gasteiger charge is 2.24. The first-order valence-electron chi connectivity index (χ1n) is 11.2. The van der Waals surface area contributed by atoms with Gasteiger partial charge in [-0.05, 0) is 69.2 Å². The molecule has 29 heavy (non-hydrogen) atoms. The van der Waals surface area contributed by atoms with Crippen LogP contribution in [0.4, 0.5) is 10.5 Å². The number of likely N-dealkylation sites (tertiary alicyclic amines) is 2. The summed E-state index contributed by atoms with van der Waals surface area (Å²) in [7, 11) is 0. The first kappa shape index (κ1) is 21.6. The molecule has 2 aliphatic heterocycles. The molecule has 2 aliphatic rings. The van der Waals surface area contributed by atoms with Gasteiger partial charge in [0.25, 0.3) is 0 Å². The van der Waals surface area contributed by atoms with Crippen molar-refractivity contribution in [3.63, 3.8) is 0 Å². The molecule has 1 aromatic rings. The van der Waals surface area contributed by atoms with Crippen LogP contribution in [0.15, 0.2) is 30.3 Å². The summed E-state index contributed by atoms with van der Waals surface area (Å²) < 4.78 is 0. The SMILES string of the molecule is CC1CCCN(CCCNC(=O)CC2CCN(C(=O)Nc3ccccc3)CC2)C1. The van der Waals surface area contributed by atoms with Gasteiger partial charge in [0.15, 0.2) is 0 Å². The second-order valence-corrected chi connectivity index (χ2v) is 8.68. The first-order valence-corrected chi connectivity index (χ1v) is 11.2. The van der Waals surface area contributed by atoms with E-state index in [0.717, 1.165) is 44.0 Å². The van der Waals surface area contributed by atoms with E-state index in [0.29, 0.717) is 25.4 Å². The minimum atomic E-state index is -0.0499. The summed E-state index contributed by atoms with van der Waals surface area (Å²) in [5.74, 6) is 1.34. The molecule has 1 atom stereocenters. The predicted octanol–water partition coefficient (Wildman–Crippen LogP) is 3.56. The monoisotopic (exact) mass is 400 g/mol. The number of amides is 3. The molecule has 0 bridgehead atoms. The smallest absolute Gasteiger partial charge is 0.321 e.